The first-order valence-corrected chi connectivity index (χ1v) is 6.17. The van der Waals surface area contributed by atoms with Crippen LogP contribution in [0.1, 0.15) is 31.0 Å². The van der Waals surface area contributed by atoms with Gasteiger partial charge in [0.15, 0.2) is 0 Å². The Balaban J connectivity index is 2.31. The molecule has 1 unspecified atom stereocenters. The standard InChI is InChI=1S/C14H19N3O/c1-3-18-14-5-4-12(11(2)15)8-13(14)9-17-7-6-16-10-17/h4-8,10-11H,3,9,15H2,1-2H3. The van der Waals surface area contributed by atoms with Crippen molar-refractivity contribution in [1.82, 2.24) is 9.55 Å². The Bertz CT molecular complexity index is 492. The monoisotopic (exact) mass is 245 g/mol. The second-order valence-electron chi connectivity index (χ2n) is 4.32. The molecule has 0 radical (unpaired) electrons. The number of imidazole rings is 1. The van der Waals surface area contributed by atoms with Crippen LogP contribution in [0.2, 0.25) is 0 Å². The van der Waals surface area contributed by atoms with Gasteiger partial charge in [0.25, 0.3) is 0 Å². The summed E-state index contributed by atoms with van der Waals surface area (Å²) < 4.78 is 7.66. The van der Waals surface area contributed by atoms with Crippen LogP contribution in [-0.4, -0.2) is 16.2 Å². The van der Waals surface area contributed by atoms with Crippen LogP contribution < -0.4 is 10.5 Å². The predicted octanol–water partition coefficient (Wildman–Crippen LogP) is 2.35. The highest BCUT2D eigenvalue weighted by Gasteiger charge is 2.08. The molecule has 1 aromatic carbocycles. The summed E-state index contributed by atoms with van der Waals surface area (Å²) in [7, 11) is 0. The lowest BCUT2D eigenvalue weighted by atomic mass is 10.0. The topological polar surface area (TPSA) is 53.1 Å². The molecule has 1 heterocycles. The zero-order valence-electron chi connectivity index (χ0n) is 10.8. The maximum absolute atomic E-state index is 5.92. The minimum atomic E-state index is 0.0298. The van der Waals surface area contributed by atoms with E-state index in [0.717, 1.165) is 23.4 Å². The lowest BCUT2D eigenvalue weighted by Gasteiger charge is -2.14. The first-order valence-electron chi connectivity index (χ1n) is 6.17. The van der Waals surface area contributed by atoms with Crippen molar-refractivity contribution in [2.75, 3.05) is 6.61 Å². The average Bonchev–Trinajstić information content (AvgIpc) is 2.84. The fourth-order valence-electron chi connectivity index (χ4n) is 1.88. The largest absolute Gasteiger partial charge is 0.494 e. The Hall–Kier alpha value is -1.81. The highest BCUT2D eigenvalue weighted by Crippen LogP contribution is 2.23. The summed E-state index contributed by atoms with van der Waals surface area (Å²) >= 11 is 0. The third-order valence-electron chi connectivity index (χ3n) is 2.82. The maximum atomic E-state index is 5.92. The van der Waals surface area contributed by atoms with Gasteiger partial charge in [0.1, 0.15) is 5.75 Å². The number of hydrogen-bond acceptors (Lipinski definition) is 3. The fourth-order valence-corrected chi connectivity index (χ4v) is 1.88. The summed E-state index contributed by atoms with van der Waals surface area (Å²) in [5.74, 6) is 0.913. The van der Waals surface area contributed by atoms with Crippen molar-refractivity contribution in [3.63, 3.8) is 0 Å². The van der Waals surface area contributed by atoms with Gasteiger partial charge in [-0.3, -0.25) is 0 Å². The number of rotatable bonds is 5. The minimum absolute atomic E-state index is 0.0298. The number of nitrogens with two attached hydrogens (primary N) is 1. The Morgan fingerprint density at radius 1 is 1.44 bits per heavy atom. The SMILES string of the molecule is CCOc1ccc(C(C)N)cc1Cn1ccnc1. The number of ether oxygens (including phenoxy) is 1. The van der Waals surface area contributed by atoms with E-state index in [0.29, 0.717) is 6.61 Å². The van der Waals surface area contributed by atoms with E-state index in [9.17, 15) is 0 Å². The first kappa shape index (κ1) is 12.6. The van der Waals surface area contributed by atoms with Gasteiger partial charge in [-0.25, -0.2) is 4.98 Å². The van der Waals surface area contributed by atoms with Crippen LogP contribution in [0.5, 0.6) is 5.75 Å². The first-order chi connectivity index (χ1) is 8.70. The molecule has 2 aromatic rings. The Kier molecular flexibility index (Phi) is 3.99. The van der Waals surface area contributed by atoms with Crippen LogP contribution in [0.15, 0.2) is 36.9 Å². The lowest BCUT2D eigenvalue weighted by molar-refractivity contribution is 0.335. The summed E-state index contributed by atoms with van der Waals surface area (Å²) in [6.45, 7) is 5.38. The van der Waals surface area contributed by atoms with Gasteiger partial charge in [-0.1, -0.05) is 6.07 Å². The molecule has 0 aliphatic rings. The molecule has 0 saturated heterocycles. The van der Waals surface area contributed by atoms with Gasteiger partial charge < -0.3 is 15.0 Å². The van der Waals surface area contributed by atoms with Gasteiger partial charge in [-0.2, -0.15) is 0 Å². The fraction of sp³-hybridized carbons (Fsp3) is 0.357. The zero-order valence-corrected chi connectivity index (χ0v) is 10.8. The molecule has 0 bridgehead atoms. The van der Waals surface area contributed by atoms with Crippen molar-refractivity contribution >= 4 is 0 Å². The molecular formula is C14H19N3O. The Morgan fingerprint density at radius 2 is 2.28 bits per heavy atom. The van der Waals surface area contributed by atoms with E-state index >= 15 is 0 Å². The van der Waals surface area contributed by atoms with Crippen LogP contribution >= 0.6 is 0 Å². The van der Waals surface area contributed by atoms with E-state index in [1.165, 1.54) is 0 Å². The van der Waals surface area contributed by atoms with Gasteiger partial charge in [-0.05, 0) is 31.5 Å². The number of benzene rings is 1. The van der Waals surface area contributed by atoms with Crippen LogP contribution in [0.25, 0.3) is 0 Å². The third kappa shape index (κ3) is 2.90. The molecule has 2 N–H and O–H groups in total. The molecule has 1 aromatic heterocycles. The molecule has 0 aliphatic heterocycles. The molecule has 96 valence electrons. The molecule has 0 aliphatic carbocycles. The van der Waals surface area contributed by atoms with E-state index in [4.69, 9.17) is 10.5 Å². The minimum Gasteiger partial charge on any atom is -0.494 e. The highest BCUT2D eigenvalue weighted by atomic mass is 16.5. The predicted molar refractivity (Wildman–Crippen MR) is 71.5 cm³/mol. The van der Waals surface area contributed by atoms with E-state index < -0.39 is 0 Å². The van der Waals surface area contributed by atoms with Crippen molar-refractivity contribution in [1.29, 1.82) is 0 Å². The quantitative estimate of drug-likeness (QED) is 0.879. The van der Waals surface area contributed by atoms with E-state index in [-0.39, 0.29) is 6.04 Å². The molecule has 4 heteroatoms. The third-order valence-corrected chi connectivity index (χ3v) is 2.82. The van der Waals surface area contributed by atoms with Crippen molar-refractivity contribution in [2.24, 2.45) is 5.73 Å². The van der Waals surface area contributed by atoms with Crippen LogP contribution in [0.3, 0.4) is 0 Å². The zero-order chi connectivity index (χ0) is 13.0. The normalized spacial score (nSPS) is 12.4. The maximum Gasteiger partial charge on any atom is 0.124 e. The number of nitrogens with zero attached hydrogens (tertiary/aromatic N) is 2. The molecule has 0 spiro atoms. The molecule has 1 atom stereocenters. The molecule has 4 nitrogen and oxygen atoms in total. The molecule has 0 fully saturated rings. The lowest BCUT2D eigenvalue weighted by Crippen LogP contribution is -2.08. The van der Waals surface area contributed by atoms with Gasteiger partial charge in [0.05, 0.1) is 19.5 Å². The molecule has 0 amide bonds. The summed E-state index contributed by atoms with van der Waals surface area (Å²) in [5.41, 5.74) is 8.17. The van der Waals surface area contributed by atoms with Gasteiger partial charge in [-0.15, -0.1) is 0 Å². The summed E-state index contributed by atoms with van der Waals surface area (Å²) in [4.78, 5) is 4.05. The molecule has 18 heavy (non-hydrogen) atoms. The second-order valence-corrected chi connectivity index (χ2v) is 4.32. The van der Waals surface area contributed by atoms with Crippen molar-refractivity contribution in [3.8, 4) is 5.75 Å². The molecular weight excluding hydrogens is 226 g/mol. The van der Waals surface area contributed by atoms with Gasteiger partial charge in [0, 0.05) is 24.0 Å². The Morgan fingerprint density at radius 3 is 2.89 bits per heavy atom. The van der Waals surface area contributed by atoms with Crippen molar-refractivity contribution in [3.05, 3.63) is 48.0 Å². The molecule has 2 rings (SSSR count). The van der Waals surface area contributed by atoms with Crippen LogP contribution in [-0.2, 0) is 6.54 Å². The summed E-state index contributed by atoms with van der Waals surface area (Å²) in [6.07, 6.45) is 5.51. The van der Waals surface area contributed by atoms with E-state index in [1.807, 2.05) is 36.7 Å². The Labute approximate surface area is 107 Å². The van der Waals surface area contributed by atoms with E-state index in [2.05, 4.69) is 11.1 Å². The van der Waals surface area contributed by atoms with Crippen LogP contribution in [0.4, 0.5) is 0 Å². The number of aromatic nitrogens is 2. The number of hydrogen-bond donors (Lipinski definition) is 1. The smallest absolute Gasteiger partial charge is 0.124 e. The van der Waals surface area contributed by atoms with Gasteiger partial charge >= 0.3 is 0 Å². The van der Waals surface area contributed by atoms with Gasteiger partial charge in [0.2, 0.25) is 0 Å². The highest BCUT2D eigenvalue weighted by molar-refractivity contribution is 5.38. The van der Waals surface area contributed by atoms with Crippen molar-refractivity contribution < 1.29 is 4.74 Å². The summed E-state index contributed by atoms with van der Waals surface area (Å²) in [6, 6.07) is 6.15. The summed E-state index contributed by atoms with van der Waals surface area (Å²) in [5, 5.41) is 0. The van der Waals surface area contributed by atoms with Crippen molar-refractivity contribution in [2.45, 2.75) is 26.4 Å². The average molecular weight is 245 g/mol. The second kappa shape index (κ2) is 5.69. The molecule has 0 saturated carbocycles. The van der Waals surface area contributed by atoms with E-state index in [1.54, 1.807) is 12.5 Å². The van der Waals surface area contributed by atoms with Crippen LogP contribution in [0, 0.1) is 0 Å².